The molecular weight excluding hydrogens is 290 g/mol. The van der Waals surface area contributed by atoms with E-state index in [9.17, 15) is 13.6 Å². The van der Waals surface area contributed by atoms with Crippen molar-refractivity contribution >= 4 is 16.8 Å². The average Bonchev–Trinajstić information content (AvgIpc) is 2.89. The van der Waals surface area contributed by atoms with E-state index in [-0.39, 0.29) is 31.1 Å². The second-order valence-electron chi connectivity index (χ2n) is 5.91. The number of nitrogens with one attached hydrogen (secondary N) is 1. The van der Waals surface area contributed by atoms with Crippen LogP contribution in [0.5, 0.6) is 0 Å². The molecule has 2 aromatic rings. The number of carbonyl (C=O) groups excluding carboxylic acids is 1. The van der Waals surface area contributed by atoms with Gasteiger partial charge in [-0.1, -0.05) is 0 Å². The van der Waals surface area contributed by atoms with E-state index in [4.69, 9.17) is 5.11 Å². The smallest absolute Gasteiger partial charge is 0.227 e. The summed E-state index contributed by atoms with van der Waals surface area (Å²) in [5.74, 6) is -0.520. The summed E-state index contributed by atoms with van der Waals surface area (Å²) < 4.78 is 27.4. The summed E-state index contributed by atoms with van der Waals surface area (Å²) in [5.41, 5.74) is -0.298. The maximum atomic E-state index is 14.2. The number of halogens is 2. The SMILES string of the molecule is O=C(Cc1c[nH]c2cc(F)ccc12)N1CCCC(F)(CO)C1. The molecule has 22 heavy (non-hydrogen) atoms. The molecule has 1 aliphatic rings. The number of fused-ring (bicyclic) bond motifs is 1. The van der Waals surface area contributed by atoms with Crippen molar-refractivity contribution in [1.29, 1.82) is 0 Å². The van der Waals surface area contributed by atoms with E-state index in [0.29, 0.717) is 18.5 Å². The van der Waals surface area contributed by atoms with Gasteiger partial charge in [-0.25, -0.2) is 8.78 Å². The molecule has 1 amide bonds. The highest BCUT2D eigenvalue weighted by Gasteiger charge is 2.36. The Bertz CT molecular complexity index is 701. The molecule has 3 rings (SSSR count). The van der Waals surface area contributed by atoms with Crippen LogP contribution in [-0.4, -0.2) is 46.3 Å². The highest BCUT2D eigenvalue weighted by atomic mass is 19.1. The molecule has 1 aromatic carbocycles. The van der Waals surface area contributed by atoms with Gasteiger partial charge in [0.2, 0.25) is 5.91 Å². The normalized spacial score (nSPS) is 22.2. The van der Waals surface area contributed by atoms with Crippen LogP contribution in [0.3, 0.4) is 0 Å². The van der Waals surface area contributed by atoms with Crippen molar-refractivity contribution in [1.82, 2.24) is 9.88 Å². The molecule has 1 saturated heterocycles. The highest BCUT2D eigenvalue weighted by molar-refractivity contribution is 5.89. The molecule has 0 radical (unpaired) electrons. The Balaban J connectivity index is 1.75. The van der Waals surface area contributed by atoms with Crippen molar-refractivity contribution in [2.24, 2.45) is 0 Å². The number of rotatable bonds is 3. The van der Waals surface area contributed by atoms with E-state index in [2.05, 4.69) is 4.98 Å². The number of amides is 1. The van der Waals surface area contributed by atoms with Gasteiger partial charge in [0.15, 0.2) is 5.67 Å². The van der Waals surface area contributed by atoms with Gasteiger partial charge in [0.05, 0.1) is 19.6 Å². The molecule has 1 fully saturated rings. The Hall–Kier alpha value is -1.95. The van der Waals surface area contributed by atoms with Gasteiger partial charge in [-0.3, -0.25) is 4.79 Å². The van der Waals surface area contributed by atoms with E-state index in [1.165, 1.54) is 17.0 Å². The number of aliphatic hydroxyl groups is 1. The lowest BCUT2D eigenvalue weighted by Gasteiger charge is -2.36. The second kappa shape index (κ2) is 5.68. The molecule has 0 spiro atoms. The number of aromatic nitrogens is 1. The Morgan fingerprint density at radius 3 is 3.05 bits per heavy atom. The topological polar surface area (TPSA) is 56.3 Å². The van der Waals surface area contributed by atoms with Crippen molar-refractivity contribution < 1.29 is 18.7 Å². The van der Waals surface area contributed by atoms with Crippen LogP contribution in [-0.2, 0) is 11.2 Å². The summed E-state index contributed by atoms with van der Waals surface area (Å²) in [6, 6.07) is 4.36. The lowest BCUT2D eigenvalue weighted by atomic mass is 9.95. The summed E-state index contributed by atoms with van der Waals surface area (Å²) in [7, 11) is 0. The number of piperidine rings is 1. The second-order valence-corrected chi connectivity index (χ2v) is 5.91. The number of hydrogen-bond acceptors (Lipinski definition) is 2. The Morgan fingerprint density at radius 1 is 1.45 bits per heavy atom. The highest BCUT2D eigenvalue weighted by Crippen LogP contribution is 2.26. The van der Waals surface area contributed by atoms with Crippen LogP contribution in [0.2, 0.25) is 0 Å². The van der Waals surface area contributed by atoms with Crippen LogP contribution < -0.4 is 0 Å². The third-order valence-corrected chi connectivity index (χ3v) is 4.23. The van der Waals surface area contributed by atoms with Crippen molar-refractivity contribution in [3.8, 4) is 0 Å². The fourth-order valence-electron chi connectivity index (χ4n) is 3.01. The van der Waals surface area contributed by atoms with E-state index in [1.54, 1.807) is 12.3 Å². The van der Waals surface area contributed by atoms with Crippen LogP contribution in [0, 0.1) is 5.82 Å². The van der Waals surface area contributed by atoms with Gasteiger partial charge in [0, 0.05) is 23.6 Å². The number of carbonyl (C=O) groups is 1. The van der Waals surface area contributed by atoms with Crippen molar-refractivity contribution in [3.63, 3.8) is 0 Å². The molecule has 1 unspecified atom stereocenters. The number of benzene rings is 1. The van der Waals surface area contributed by atoms with Gasteiger partial charge < -0.3 is 15.0 Å². The molecule has 1 aliphatic heterocycles. The fourth-order valence-corrected chi connectivity index (χ4v) is 3.01. The number of aliphatic hydroxyl groups excluding tert-OH is 1. The summed E-state index contributed by atoms with van der Waals surface area (Å²) >= 11 is 0. The lowest BCUT2D eigenvalue weighted by molar-refractivity contribution is -0.135. The van der Waals surface area contributed by atoms with Crippen LogP contribution in [0.1, 0.15) is 18.4 Å². The minimum absolute atomic E-state index is 0.0701. The number of H-pyrrole nitrogens is 1. The Kier molecular flexibility index (Phi) is 3.87. The minimum atomic E-state index is -1.70. The van der Waals surface area contributed by atoms with E-state index < -0.39 is 12.3 Å². The standard InChI is InChI=1S/C16H18F2N2O2/c17-12-2-3-13-11(8-19-14(13)7-12)6-15(22)20-5-1-4-16(18,9-20)10-21/h2-3,7-8,19,21H,1,4-6,9-10H2. The zero-order valence-corrected chi connectivity index (χ0v) is 12.1. The molecule has 2 heterocycles. The molecule has 2 N–H and O–H groups in total. The molecule has 0 aliphatic carbocycles. The fraction of sp³-hybridized carbons (Fsp3) is 0.438. The van der Waals surface area contributed by atoms with Crippen molar-refractivity contribution in [2.45, 2.75) is 24.9 Å². The number of alkyl halides is 1. The largest absolute Gasteiger partial charge is 0.393 e. The van der Waals surface area contributed by atoms with Gasteiger partial charge in [-0.15, -0.1) is 0 Å². The maximum absolute atomic E-state index is 14.2. The van der Waals surface area contributed by atoms with Crippen LogP contribution in [0.4, 0.5) is 8.78 Å². The predicted octanol–water partition coefficient (Wildman–Crippen LogP) is 2.17. The number of aromatic amines is 1. The van der Waals surface area contributed by atoms with Gasteiger partial charge in [-0.05, 0) is 36.6 Å². The number of hydrogen-bond donors (Lipinski definition) is 2. The monoisotopic (exact) mass is 308 g/mol. The summed E-state index contributed by atoms with van der Waals surface area (Å²) in [4.78, 5) is 16.8. The van der Waals surface area contributed by atoms with E-state index >= 15 is 0 Å². The van der Waals surface area contributed by atoms with Crippen LogP contribution in [0.25, 0.3) is 10.9 Å². The maximum Gasteiger partial charge on any atom is 0.227 e. The van der Waals surface area contributed by atoms with Gasteiger partial charge >= 0.3 is 0 Å². The Labute approximate surface area is 126 Å². The van der Waals surface area contributed by atoms with Crippen LogP contribution >= 0.6 is 0 Å². The third-order valence-electron chi connectivity index (χ3n) is 4.23. The lowest BCUT2D eigenvalue weighted by Crippen LogP contribution is -2.50. The van der Waals surface area contributed by atoms with Gasteiger partial charge in [0.25, 0.3) is 0 Å². The molecule has 1 aromatic heterocycles. The first-order chi connectivity index (χ1) is 10.5. The summed E-state index contributed by atoms with van der Waals surface area (Å²) in [5, 5.41) is 9.91. The van der Waals surface area contributed by atoms with Gasteiger partial charge in [-0.2, -0.15) is 0 Å². The zero-order valence-electron chi connectivity index (χ0n) is 12.1. The molecular formula is C16H18F2N2O2. The summed E-state index contributed by atoms with van der Waals surface area (Å²) in [6.07, 6.45) is 2.63. The molecule has 0 saturated carbocycles. The predicted molar refractivity (Wildman–Crippen MR) is 78.7 cm³/mol. The molecule has 6 heteroatoms. The average molecular weight is 308 g/mol. The molecule has 0 bridgehead atoms. The number of nitrogens with zero attached hydrogens (tertiary/aromatic N) is 1. The zero-order chi connectivity index (χ0) is 15.7. The number of likely N-dealkylation sites (tertiary alicyclic amines) is 1. The van der Waals surface area contributed by atoms with Crippen molar-refractivity contribution in [2.75, 3.05) is 19.7 Å². The van der Waals surface area contributed by atoms with Crippen LogP contribution in [0.15, 0.2) is 24.4 Å². The quantitative estimate of drug-likeness (QED) is 0.913. The van der Waals surface area contributed by atoms with E-state index in [1.807, 2.05) is 0 Å². The van der Waals surface area contributed by atoms with Crippen molar-refractivity contribution in [3.05, 3.63) is 35.8 Å². The first-order valence-corrected chi connectivity index (χ1v) is 7.34. The van der Waals surface area contributed by atoms with E-state index in [0.717, 1.165) is 10.9 Å². The molecule has 1 atom stereocenters. The summed E-state index contributed by atoms with van der Waals surface area (Å²) in [6.45, 7) is -0.135. The third kappa shape index (κ3) is 2.83. The molecule has 118 valence electrons. The molecule has 4 nitrogen and oxygen atoms in total. The van der Waals surface area contributed by atoms with Gasteiger partial charge in [0.1, 0.15) is 5.82 Å². The minimum Gasteiger partial charge on any atom is -0.393 e. The first-order valence-electron chi connectivity index (χ1n) is 7.34. The Morgan fingerprint density at radius 2 is 2.27 bits per heavy atom. The first kappa shape index (κ1) is 15.0.